The average Bonchev–Trinajstić information content (AvgIpc) is 2.25. The number of carbonyl (C=O) groups excluding carboxylic acids is 1. The minimum Gasteiger partial charge on any atom is -0.481 e. The second kappa shape index (κ2) is 6.62. The predicted molar refractivity (Wildman–Crippen MR) is 65.6 cm³/mol. The van der Waals surface area contributed by atoms with Gasteiger partial charge >= 0.3 is 5.97 Å². The van der Waals surface area contributed by atoms with Crippen molar-refractivity contribution < 1.29 is 14.7 Å². The van der Waals surface area contributed by atoms with Crippen LogP contribution in [0, 0.1) is 11.8 Å². The lowest BCUT2D eigenvalue weighted by atomic mass is 9.94. The first-order valence-electron chi connectivity index (χ1n) is 6.55. The summed E-state index contributed by atoms with van der Waals surface area (Å²) in [6.45, 7) is 4.90. The Bertz CT molecular complexity index is 270. The summed E-state index contributed by atoms with van der Waals surface area (Å²) >= 11 is 0. The summed E-state index contributed by atoms with van der Waals surface area (Å²) in [6.07, 6.45) is 5.68. The van der Waals surface area contributed by atoms with Gasteiger partial charge in [-0.3, -0.25) is 9.59 Å². The fourth-order valence-electron chi connectivity index (χ4n) is 2.18. The highest BCUT2D eigenvalue weighted by Gasteiger charge is 2.29. The van der Waals surface area contributed by atoms with Crippen molar-refractivity contribution in [1.82, 2.24) is 4.90 Å². The minimum atomic E-state index is -0.891. The van der Waals surface area contributed by atoms with Crippen LogP contribution in [-0.4, -0.2) is 35.0 Å². The molecule has 0 aromatic carbocycles. The molecule has 1 amide bonds. The van der Waals surface area contributed by atoms with E-state index in [1.165, 1.54) is 19.3 Å². The Morgan fingerprint density at radius 3 is 1.88 bits per heavy atom. The normalized spacial score (nSPS) is 21.2. The fraction of sp³-hybridized carbons (Fsp3) is 0.846. The lowest BCUT2D eigenvalue weighted by Gasteiger charge is -2.28. The van der Waals surface area contributed by atoms with E-state index in [1.54, 1.807) is 13.8 Å². The first-order chi connectivity index (χ1) is 8.04. The summed E-state index contributed by atoms with van der Waals surface area (Å²) in [7, 11) is 0. The Labute approximate surface area is 103 Å². The molecule has 1 rings (SSSR count). The van der Waals surface area contributed by atoms with Gasteiger partial charge in [0.15, 0.2) is 0 Å². The molecule has 1 aliphatic heterocycles. The van der Waals surface area contributed by atoms with Crippen LogP contribution in [0.3, 0.4) is 0 Å². The molecule has 1 saturated heterocycles. The molecule has 0 aromatic heterocycles. The number of hydrogen-bond donors (Lipinski definition) is 1. The van der Waals surface area contributed by atoms with Crippen molar-refractivity contribution in [1.29, 1.82) is 0 Å². The maximum absolute atomic E-state index is 12.2. The molecule has 0 spiro atoms. The van der Waals surface area contributed by atoms with Crippen molar-refractivity contribution in [3.05, 3.63) is 0 Å². The number of carboxylic acids is 1. The van der Waals surface area contributed by atoms with E-state index < -0.39 is 17.8 Å². The summed E-state index contributed by atoms with van der Waals surface area (Å²) < 4.78 is 0. The van der Waals surface area contributed by atoms with E-state index in [9.17, 15) is 9.59 Å². The Balaban J connectivity index is 2.56. The molecule has 2 unspecified atom stereocenters. The Morgan fingerprint density at radius 1 is 0.941 bits per heavy atom. The first-order valence-corrected chi connectivity index (χ1v) is 6.55. The molecule has 4 nitrogen and oxygen atoms in total. The van der Waals surface area contributed by atoms with Crippen LogP contribution in [0.1, 0.15) is 46.0 Å². The highest BCUT2D eigenvalue weighted by molar-refractivity contribution is 5.84. The summed E-state index contributed by atoms with van der Waals surface area (Å²) in [5.74, 6) is -1.92. The van der Waals surface area contributed by atoms with Crippen LogP contribution >= 0.6 is 0 Å². The zero-order valence-electron chi connectivity index (χ0n) is 10.8. The molecule has 0 saturated carbocycles. The Kier molecular flexibility index (Phi) is 5.45. The molecule has 1 heterocycles. The van der Waals surface area contributed by atoms with Gasteiger partial charge in [-0.25, -0.2) is 0 Å². The van der Waals surface area contributed by atoms with E-state index >= 15 is 0 Å². The first kappa shape index (κ1) is 14.0. The van der Waals surface area contributed by atoms with Crippen LogP contribution in [0.25, 0.3) is 0 Å². The number of rotatable bonds is 3. The van der Waals surface area contributed by atoms with Crippen molar-refractivity contribution >= 4 is 11.9 Å². The molecule has 0 radical (unpaired) electrons. The maximum atomic E-state index is 12.2. The van der Waals surface area contributed by atoms with E-state index in [1.807, 2.05) is 4.90 Å². The Morgan fingerprint density at radius 2 is 1.41 bits per heavy atom. The van der Waals surface area contributed by atoms with Crippen LogP contribution in [0.15, 0.2) is 0 Å². The number of aliphatic carboxylic acids is 1. The van der Waals surface area contributed by atoms with Gasteiger partial charge in [0, 0.05) is 19.0 Å². The number of nitrogens with zero attached hydrogens (tertiary/aromatic N) is 1. The van der Waals surface area contributed by atoms with Crippen molar-refractivity contribution in [3.8, 4) is 0 Å². The number of carbonyl (C=O) groups is 2. The molecular weight excluding hydrogens is 218 g/mol. The van der Waals surface area contributed by atoms with E-state index in [4.69, 9.17) is 5.11 Å². The van der Waals surface area contributed by atoms with Gasteiger partial charge in [0.1, 0.15) is 0 Å². The third-order valence-corrected chi connectivity index (χ3v) is 3.70. The van der Waals surface area contributed by atoms with Gasteiger partial charge < -0.3 is 10.0 Å². The zero-order valence-corrected chi connectivity index (χ0v) is 10.8. The fourth-order valence-corrected chi connectivity index (χ4v) is 2.18. The second-order valence-electron chi connectivity index (χ2n) is 5.01. The third kappa shape index (κ3) is 4.02. The largest absolute Gasteiger partial charge is 0.481 e. The van der Waals surface area contributed by atoms with Gasteiger partial charge in [-0.15, -0.1) is 0 Å². The smallest absolute Gasteiger partial charge is 0.307 e. The SMILES string of the molecule is CC(C(=O)O)C(C)C(=O)N1CCCCCCC1. The second-order valence-corrected chi connectivity index (χ2v) is 5.01. The molecule has 0 aromatic rings. The van der Waals surface area contributed by atoms with Crippen LogP contribution in [0.2, 0.25) is 0 Å². The van der Waals surface area contributed by atoms with E-state index in [0.29, 0.717) is 0 Å². The molecule has 17 heavy (non-hydrogen) atoms. The molecule has 1 fully saturated rings. The predicted octanol–water partition coefficient (Wildman–Crippen LogP) is 2.14. The summed E-state index contributed by atoms with van der Waals surface area (Å²) in [4.78, 5) is 24.9. The van der Waals surface area contributed by atoms with E-state index in [2.05, 4.69) is 0 Å². The van der Waals surface area contributed by atoms with Crippen molar-refractivity contribution in [3.63, 3.8) is 0 Å². The lowest BCUT2D eigenvalue weighted by molar-refractivity contribution is -0.149. The van der Waals surface area contributed by atoms with Crippen LogP contribution in [0.5, 0.6) is 0 Å². The molecule has 0 aliphatic carbocycles. The van der Waals surface area contributed by atoms with Crippen molar-refractivity contribution in [2.75, 3.05) is 13.1 Å². The topological polar surface area (TPSA) is 57.6 Å². The van der Waals surface area contributed by atoms with Gasteiger partial charge in [0.2, 0.25) is 5.91 Å². The highest BCUT2D eigenvalue weighted by Crippen LogP contribution is 2.18. The molecule has 0 bridgehead atoms. The van der Waals surface area contributed by atoms with Gasteiger partial charge in [0.25, 0.3) is 0 Å². The minimum absolute atomic E-state index is 0.00167. The van der Waals surface area contributed by atoms with Gasteiger partial charge in [0.05, 0.1) is 5.92 Å². The molecule has 1 N–H and O–H groups in total. The maximum Gasteiger partial charge on any atom is 0.307 e. The van der Waals surface area contributed by atoms with Crippen LogP contribution in [-0.2, 0) is 9.59 Å². The summed E-state index contributed by atoms with van der Waals surface area (Å²) in [5.41, 5.74) is 0. The summed E-state index contributed by atoms with van der Waals surface area (Å²) in [6, 6.07) is 0. The number of amides is 1. The van der Waals surface area contributed by atoms with Gasteiger partial charge in [-0.05, 0) is 12.8 Å². The number of likely N-dealkylation sites (tertiary alicyclic amines) is 1. The van der Waals surface area contributed by atoms with E-state index in [0.717, 1.165) is 25.9 Å². The third-order valence-electron chi connectivity index (χ3n) is 3.70. The Hall–Kier alpha value is -1.06. The zero-order chi connectivity index (χ0) is 12.8. The van der Waals surface area contributed by atoms with Gasteiger partial charge in [-0.1, -0.05) is 33.1 Å². The molecular formula is C13H23NO3. The number of hydrogen-bond acceptors (Lipinski definition) is 2. The van der Waals surface area contributed by atoms with Crippen LogP contribution in [0.4, 0.5) is 0 Å². The lowest BCUT2D eigenvalue weighted by Crippen LogP contribution is -2.40. The van der Waals surface area contributed by atoms with E-state index in [-0.39, 0.29) is 5.91 Å². The monoisotopic (exact) mass is 241 g/mol. The van der Waals surface area contributed by atoms with Crippen LogP contribution < -0.4 is 0 Å². The number of carboxylic acid groups (broad SMARTS) is 1. The molecule has 1 aliphatic rings. The highest BCUT2D eigenvalue weighted by atomic mass is 16.4. The standard InChI is InChI=1S/C13H23NO3/c1-10(11(2)13(16)17)12(15)14-8-6-4-3-5-7-9-14/h10-11H,3-9H2,1-2H3,(H,16,17). The summed E-state index contributed by atoms with van der Waals surface area (Å²) in [5, 5.41) is 8.93. The molecule has 4 heteroatoms. The van der Waals surface area contributed by atoms with Crippen molar-refractivity contribution in [2.45, 2.75) is 46.0 Å². The van der Waals surface area contributed by atoms with Gasteiger partial charge in [-0.2, -0.15) is 0 Å². The molecule has 98 valence electrons. The quantitative estimate of drug-likeness (QED) is 0.823. The van der Waals surface area contributed by atoms with Crippen molar-refractivity contribution in [2.24, 2.45) is 11.8 Å². The average molecular weight is 241 g/mol. The molecule has 2 atom stereocenters.